The summed E-state index contributed by atoms with van der Waals surface area (Å²) in [4.78, 5) is 10.6. The molecule has 1 atom stereocenters. The van der Waals surface area contributed by atoms with Crippen LogP contribution in [-0.4, -0.2) is 34.4 Å². The van der Waals surface area contributed by atoms with E-state index >= 15 is 0 Å². The molecular weight excluding hydrogens is 468 g/mol. The Labute approximate surface area is 207 Å². The van der Waals surface area contributed by atoms with Gasteiger partial charge in [-0.25, -0.2) is 14.2 Å². The number of nitrogens with one attached hydrogen (secondary N) is 2. The number of pyridine rings is 1. The van der Waals surface area contributed by atoms with E-state index in [2.05, 4.69) is 15.0 Å². The third-order valence-corrected chi connectivity index (χ3v) is 8.36. The molecule has 0 amide bonds. The van der Waals surface area contributed by atoms with Gasteiger partial charge in [-0.3, -0.25) is 4.72 Å². The number of rotatable bonds is 8. The van der Waals surface area contributed by atoms with Gasteiger partial charge in [-0.05, 0) is 56.0 Å². The zero-order valence-electron chi connectivity index (χ0n) is 20.1. The average Bonchev–Trinajstić information content (AvgIpc) is 3.02. The second-order valence-electron chi connectivity index (χ2n) is 8.54. The number of benzene rings is 1. The van der Waals surface area contributed by atoms with Crippen LogP contribution in [0.1, 0.15) is 49.8 Å². The zero-order chi connectivity index (χ0) is 24.1. The molecule has 9 heteroatoms. The lowest BCUT2D eigenvalue weighted by atomic mass is 10.1. The average molecular weight is 501 g/mol. The van der Waals surface area contributed by atoms with Crippen molar-refractivity contribution in [3.8, 4) is 22.1 Å². The first-order valence-corrected chi connectivity index (χ1v) is 13.6. The maximum atomic E-state index is 13.3. The van der Waals surface area contributed by atoms with Crippen molar-refractivity contribution >= 4 is 33.1 Å². The molecule has 7 nitrogen and oxygen atoms in total. The Bertz CT molecular complexity index is 1160. The second-order valence-corrected chi connectivity index (χ2v) is 10.7. The van der Waals surface area contributed by atoms with Crippen molar-refractivity contribution in [1.29, 1.82) is 0 Å². The van der Waals surface area contributed by atoms with Crippen molar-refractivity contribution in [3.63, 3.8) is 0 Å². The lowest BCUT2D eigenvalue weighted by Crippen LogP contribution is -2.17. The first kappa shape index (κ1) is 24.5. The van der Waals surface area contributed by atoms with E-state index in [1.165, 1.54) is 38.5 Å². The quantitative estimate of drug-likeness (QED) is 0.363. The van der Waals surface area contributed by atoms with E-state index in [1.807, 2.05) is 32.0 Å². The normalized spacial score (nSPS) is 15.4. The predicted octanol–water partition coefficient (Wildman–Crippen LogP) is 6.11. The van der Waals surface area contributed by atoms with E-state index in [0.717, 1.165) is 26.8 Å². The highest BCUT2D eigenvalue weighted by molar-refractivity contribution is 7.86. The van der Waals surface area contributed by atoms with Gasteiger partial charge < -0.3 is 14.8 Å². The van der Waals surface area contributed by atoms with Gasteiger partial charge in [-0.1, -0.05) is 37.0 Å². The van der Waals surface area contributed by atoms with Crippen LogP contribution in [0.4, 0.5) is 10.8 Å². The molecule has 1 fully saturated rings. The summed E-state index contributed by atoms with van der Waals surface area (Å²) in [5.41, 5.74) is 3.50. The van der Waals surface area contributed by atoms with E-state index < -0.39 is 11.0 Å². The Kier molecular flexibility index (Phi) is 8.05. The van der Waals surface area contributed by atoms with E-state index in [4.69, 9.17) is 14.5 Å². The molecule has 3 aromatic rings. The van der Waals surface area contributed by atoms with Crippen LogP contribution < -0.4 is 19.5 Å². The molecule has 1 unspecified atom stereocenters. The first-order chi connectivity index (χ1) is 16.5. The molecule has 0 aliphatic heterocycles. The highest BCUT2D eigenvalue weighted by Gasteiger charge is 2.19. The predicted molar refractivity (Wildman–Crippen MR) is 140 cm³/mol. The van der Waals surface area contributed by atoms with Crippen molar-refractivity contribution in [3.05, 3.63) is 41.7 Å². The zero-order valence-corrected chi connectivity index (χ0v) is 21.8. The number of aryl methyl sites for hydroxylation is 2. The van der Waals surface area contributed by atoms with Crippen LogP contribution in [0.25, 0.3) is 10.4 Å². The molecule has 0 saturated heterocycles. The Morgan fingerprint density at radius 1 is 1.06 bits per heavy atom. The Morgan fingerprint density at radius 2 is 1.82 bits per heavy atom. The molecule has 0 radical (unpaired) electrons. The van der Waals surface area contributed by atoms with Gasteiger partial charge in [0.25, 0.3) is 0 Å². The van der Waals surface area contributed by atoms with Crippen LogP contribution in [0.5, 0.6) is 11.6 Å². The number of thiazole rings is 1. The van der Waals surface area contributed by atoms with Crippen LogP contribution in [0.2, 0.25) is 0 Å². The molecule has 2 N–H and O–H groups in total. The lowest BCUT2D eigenvalue weighted by molar-refractivity contribution is 0.397. The molecule has 1 aliphatic carbocycles. The number of methoxy groups -OCH3 is 2. The van der Waals surface area contributed by atoms with Gasteiger partial charge in [0.15, 0.2) is 16.1 Å². The fourth-order valence-corrected chi connectivity index (χ4v) is 6.32. The van der Waals surface area contributed by atoms with Gasteiger partial charge in [-0.2, -0.15) is 0 Å². The number of ether oxygens (including phenoxy) is 2. The summed E-state index contributed by atoms with van der Waals surface area (Å²) in [6, 6.07) is 8.07. The number of hydrogen-bond donors (Lipinski definition) is 2. The Morgan fingerprint density at radius 3 is 2.50 bits per heavy atom. The molecule has 182 valence electrons. The van der Waals surface area contributed by atoms with Gasteiger partial charge in [0.1, 0.15) is 10.6 Å². The largest absolute Gasteiger partial charge is 0.495 e. The molecule has 1 saturated carbocycles. The minimum atomic E-state index is -1.54. The molecule has 34 heavy (non-hydrogen) atoms. The van der Waals surface area contributed by atoms with Gasteiger partial charge in [0, 0.05) is 12.1 Å². The summed E-state index contributed by atoms with van der Waals surface area (Å²) in [5.74, 6) is 1.08. The number of nitrogens with zero attached hydrogens (tertiary/aromatic N) is 2. The molecule has 1 aliphatic rings. The van der Waals surface area contributed by atoms with Crippen LogP contribution in [0.15, 0.2) is 35.4 Å². The number of anilines is 2. The lowest BCUT2D eigenvalue weighted by Gasteiger charge is -2.14. The Balaban J connectivity index is 1.57. The molecule has 1 aromatic carbocycles. The molecule has 2 aromatic heterocycles. The standard InChI is InChI=1S/C25H32N4O3S2/c1-16-13-23(32-4)26-15-20(16)29-34(30)22-14-18(11-12-21(22)31-3)24-17(2)27-25(33-24)28-19-9-7-5-6-8-10-19/h11-15,19,29H,5-10H2,1-4H3,(H,27,28). The van der Waals surface area contributed by atoms with Gasteiger partial charge >= 0.3 is 0 Å². The smallest absolute Gasteiger partial charge is 0.213 e. The first-order valence-electron chi connectivity index (χ1n) is 11.6. The van der Waals surface area contributed by atoms with Gasteiger partial charge in [0.05, 0.1) is 36.7 Å². The van der Waals surface area contributed by atoms with Crippen molar-refractivity contribution in [2.24, 2.45) is 0 Å². The number of aromatic nitrogens is 2. The van der Waals surface area contributed by atoms with Crippen molar-refractivity contribution < 1.29 is 13.7 Å². The summed E-state index contributed by atoms with van der Waals surface area (Å²) in [6.45, 7) is 3.94. The summed E-state index contributed by atoms with van der Waals surface area (Å²) in [5, 5.41) is 4.61. The van der Waals surface area contributed by atoms with Crippen LogP contribution in [-0.2, 0) is 11.0 Å². The Hall–Kier alpha value is -2.65. The van der Waals surface area contributed by atoms with Crippen molar-refractivity contribution in [1.82, 2.24) is 9.97 Å². The highest BCUT2D eigenvalue weighted by atomic mass is 32.2. The molecule has 2 heterocycles. The van der Waals surface area contributed by atoms with Gasteiger partial charge in [0.2, 0.25) is 5.88 Å². The summed E-state index contributed by atoms with van der Waals surface area (Å²) < 4.78 is 27.0. The van der Waals surface area contributed by atoms with Crippen LogP contribution in [0, 0.1) is 13.8 Å². The van der Waals surface area contributed by atoms with Crippen molar-refractivity contribution in [2.45, 2.75) is 63.3 Å². The second kappa shape index (κ2) is 11.2. The maximum absolute atomic E-state index is 13.3. The minimum Gasteiger partial charge on any atom is -0.495 e. The van der Waals surface area contributed by atoms with E-state index in [-0.39, 0.29) is 0 Å². The monoisotopic (exact) mass is 500 g/mol. The van der Waals surface area contributed by atoms with Crippen molar-refractivity contribution in [2.75, 3.05) is 24.3 Å². The van der Waals surface area contributed by atoms with E-state index in [1.54, 1.807) is 37.8 Å². The third-order valence-electron chi connectivity index (χ3n) is 6.10. The summed E-state index contributed by atoms with van der Waals surface area (Å²) in [6.07, 6.45) is 9.23. The topological polar surface area (TPSA) is 85.4 Å². The van der Waals surface area contributed by atoms with Gasteiger partial charge in [-0.15, -0.1) is 0 Å². The minimum absolute atomic E-state index is 0.491. The molecular formula is C25H32N4O3S2. The molecule has 4 rings (SSSR count). The van der Waals surface area contributed by atoms with E-state index in [0.29, 0.717) is 28.3 Å². The highest BCUT2D eigenvalue weighted by Crippen LogP contribution is 2.37. The maximum Gasteiger partial charge on any atom is 0.213 e. The van der Waals surface area contributed by atoms with E-state index in [9.17, 15) is 4.21 Å². The summed E-state index contributed by atoms with van der Waals surface area (Å²) in [7, 11) is 1.61. The molecule has 0 bridgehead atoms. The third kappa shape index (κ3) is 5.70. The number of hydrogen-bond acceptors (Lipinski definition) is 7. The molecule has 0 spiro atoms. The van der Waals surface area contributed by atoms with Crippen LogP contribution >= 0.6 is 11.3 Å². The van der Waals surface area contributed by atoms with Crippen LogP contribution in [0.3, 0.4) is 0 Å². The summed E-state index contributed by atoms with van der Waals surface area (Å²) >= 11 is 1.65. The fourth-order valence-electron chi connectivity index (χ4n) is 4.19. The fraction of sp³-hybridized carbons (Fsp3) is 0.440. The SMILES string of the molecule is COc1cc(C)c(NS(=O)c2cc(-c3sc(NC4CCCCCC4)nc3C)ccc2OC)cn1.